The molecule has 0 amide bonds. The number of carbonyl (C=O) groups is 1. The number of Topliss-reactive ketones (excluding diaryl/α,β-unsaturated/α-hetero) is 1. The predicted molar refractivity (Wildman–Crippen MR) is 126 cm³/mol. The highest BCUT2D eigenvalue weighted by Gasteiger charge is 2.33. The Morgan fingerprint density at radius 3 is 2.40 bits per heavy atom. The highest BCUT2D eigenvalue weighted by atomic mass is 32.2. The maximum absolute atomic E-state index is 13.3. The number of allylic oxidation sites excluding steroid dienone is 2. The van der Waals surface area contributed by atoms with Crippen LogP contribution in [0.3, 0.4) is 0 Å². The molecule has 3 aromatic rings. The largest absolute Gasteiger partial charge is 0.499 e. The maximum atomic E-state index is 13.3. The number of halogens is 1. The fourth-order valence-corrected chi connectivity index (χ4v) is 4.65. The summed E-state index contributed by atoms with van der Waals surface area (Å²) in [4.78, 5) is 20.5. The van der Waals surface area contributed by atoms with Gasteiger partial charge < -0.3 is 9.15 Å². The van der Waals surface area contributed by atoms with E-state index < -0.39 is 32.8 Å². The second-order valence-corrected chi connectivity index (χ2v) is 9.92. The molecule has 0 aliphatic heterocycles. The number of ether oxygens (including phenoxy) is 1. The van der Waals surface area contributed by atoms with Gasteiger partial charge in [-0.15, -0.1) is 10.2 Å². The second-order valence-electron chi connectivity index (χ2n) is 7.88. The van der Waals surface area contributed by atoms with E-state index in [1.165, 1.54) is 25.5 Å². The lowest BCUT2D eigenvalue weighted by Gasteiger charge is -2.21. The number of nitrogens with one attached hydrogen (secondary N) is 1. The summed E-state index contributed by atoms with van der Waals surface area (Å²) in [5.41, 5.74) is 0.0596. The predicted octanol–water partition coefficient (Wildman–Crippen LogP) is 3.52. The minimum absolute atomic E-state index is 0.0596. The number of nitrogens with zero attached hydrogens (tertiary/aromatic N) is 5. The lowest BCUT2D eigenvalue weighted by atomic mass is 10.1. The molecule has 2 atom stereocenters. The minimum atomic E-state index is -4.11. The summed E-state index contributed by atoms with van der Waals surface area (Å²) in [6.45, 7) is 7.93. The number of ketones is 1. The average molecular weight is 507 g/mol. The van der Waals surface area contributed by atoms with Crippen LogP contribution < -0.4 is 4.72 Å². The number of rotatable bonds is 10. The first-order valence-corrected chi connectivity index (χ1v) is 12.3. The Kier molecular flexibility index (Phi) is 7.68. The summed E-state index contributed by atoms with van der Waals surface area (Å²) in [6.07, 6.45) is 2.30. The molecule has 3 rings (SSSR count). The monoisotopic (exact) mass is 506 g/mol. The van der Waals surface area contributed by atoms with Crippen LogP contribution in [0.2, 0.25) is 0 Å². The zero-order valence-corrected chi connectivity index (χ0v) is 21.1. The van der Waals surface area contributed by atoms with Gasteiger partial charge >= 0.3 is 0 Å². The van der Waals surface area contributed by atoms with E-state index in [0.29, 0.717) is 17.9 Å². The number of aromatic nitrogens is 5. The van der Waals surface area contributed by atoms with Crippen LogP contribution in [0.4, 0.5) is 10.3 Å². The first-order valence-electron chi connectivity index (χ1n) is 10.8. The van der Waals surface area contributed by atoms with Gasteiger partial charge in [-0.25, -0.2) is 22.8 Å². The van der Waals surface area contributed by atoms with Crippen molar-refractivity contribution >= 4 is 27.5 Å². The number of hydrogen-bond donors (Lipinski definition) is 1. The normalized spacial score (nSPS) is 14.3. The summed E-state index contributed by atoms with van der Waals surface area (Å²) >= 11 is 0. The van der Waals surface area contributed by atoms with E-state index in [9.17, 15) is 17.6 Å². The molecular weight excluding hydrogens is 479 g/mol. The van der Waals surface area contributed by atoms with Crippen LogP contribution in [0.5, 0.6) is 0 Å². The van der Waals surface area contributed by atoms with Crippen molar-refractivity contribution in [3.63, 3.8) is 0 Å². The van der Waals surface area contributed by atoms with E-state index in [4.69, 9.17) is 9.15 Å². The highest BCUT2D eigenvalue weighted by Crippen LogP contribution is 2.31. The van der Waals surface area contributed by atoms with Crippen LogP contribution >= 0.6 is 0 Å². The quantitative estimate of drug-likeness (QED) is 0.323. The summed E-state index contributed by atoms with van der Waals surface area (Å²) in [5, 5.41) is 7.05. The molecule has 188 valence electrons. The molecule has 0 spiro atoms. The molecule has 3 aromatic heterocycles. The summed E-state index contributed by atoms with van der Waals surface area (Å²) in [7, 11) is -2.69. The number of anilines is 1. The summed E-state index contributed by atoms with van der Waals surface area (Å²) < 4.78 is 54.6. The molecule has 0 aliphatic carbocycles. The van der Waals surface area contributed by atoms with Crippen molar-refractivity contribution in [2.45, 2.75) is 52.2 Å². The molecule has 13 heteroatoms. The van der Waals surface area contributed by atoms with Gasteiger partial charge in [-0.3, -0.25) is 14.1 Å². The van der Waals surface area contributed by atoms with Crippen molar-refractivity contribution in [1.29, 1.82) is 0 Å². The number of hydrogen-bond acceptors (Lipinski definition) is 9. The van der Waals surface area contributed by atoms with Gasteiger partial charge in [0, 0.05) is 19.3 Å². The molecule has 0 aliphatic rings. The van der Waals surface area contributed by atoms with Crippen LogP contribution in [0, 0.1) is 12.7 Å². The van der Waals surface area contributed by atoms with E-state index in [2.05, 4.69) is 24.9 Å². The van der Waals surface area contributed by atoms with Crippen molar-refractivity contribution < 1.29 is 26.8 Å². The molecule has 0 saturated carbocycles. The first kappa shape index (κ1) is 26.0. The first-order chi connectivity index (χ1) is 16.5. The molecule has 1 N–H and O–H groups in total. The van der Waals surface area contributed by atoms with Gasteiger partial charge in [0.25, 0.3) is 0 Å². The Bertz CT molecular complexity index is 1340. The van der Waals surface area contributed by atoms with Crippen molar-refractivity contribution in [2.24, 2.45) is 0 Å². The van der Waals surface area contributed by atoms with Crippen molar-refractivity contribution in [1.82, 2.24) is 24.7 Å². The van der Waals surface area contributed by atoms with Crippen LogP contribution in [-0.4, -0.2) is 51.3 Å². The number of carbonyl (C=O) groups excluding carboxylic acids is 1. The highest BCUT2D eigenvalue weighted by molar-refractivity contribution is 7.93. The molecule has 0 saturated heterocycles. The van der Waals surface area contributed by atoms with Gasteiger partial charge in [0.1, 0.15) is 23.0 Å². The summed E-state index contributed by atoms with van der Waals surface area (Å²) in [6, 6.07) is 3.35. The zero-order valence-electron chi connectivity index (χ0n) is 20.2. The van der Waals surface area contributed by atoms with Crippen molar-refractivity contribution in [3.8, 4) is 11.6 Å². The third-order valence-electron chi connectivity index (χ3n) is 5.49. The molecular formula is C22H27FN6O5S. The van der Waals surface area contributed by atoms with E-state index in [1.807, 2.05) is 0 Å². The van der Waals surface area contributed by atoms with Crippen molar-refractivity contribution in [2.75, 3.05) is 11.8 Å². The maximum Gasteiger partial charge on any atom is 0.243 e. The molecule has 0 fully saturated rings. The van der Waals surface area contributed by atoms with Gasteiger partial charge in [-0.2, -0.15) is 0 Å². The third kappa shape index (κ3) is 5.39. The third-order valence-corrected chi connectivity index (χ3v) is 7.34. The molecule has 0 aromatic carbocycles. The fraction of sp³-hybridized carbons (Fsp3) is 0.409. The van der Waals surface area contributed by atoms with Gasteiger partial charge in [0.15, 0.2) is 17.4 Å². The Hall–Kier alpha value is -3.61. The van der Waals surface area contributed by atoms with Crippen LogP contribution in [0.25, 0.3) is 17.3 Å². The van der Waals surface area contributed by atoms with Gasteiger partial charge in [0.2, 0.25) is 21.8 Å². The van der Waals surface area contributed by atoms with Crippen LogP contribution in [0.15, 0.2) is 34.7 Å². The zero-order chi connectivity index (χ0) is 25.9. The Balaban J connectivity index is 2.11. The van der Waals surface area contributed by atoms with Crippen LogP contribution in [-0.2, 0) is 19.6 Å². The fourth-order valence-electron chi connectivity index (χ4n) is 3.42. The lowest BCUT2D eigenvalue weighted by molar-refractivity contribution is -0.112. The SMILES string of the molecule is CC/C(OC)=C(\C(C)=O)n1c(NS(=O)(=O)[C@@H](C)[C@H](C)c2ncc(F)cn2)nnc1-c1ccc(C)o1. The second kappa shape index (κ2) is 10.3. The Morgan fingerprint density at radius 1 is 1.23 bits per heavy atom. The number of aryl methyl sites for hydroxylation is 1. The van der Waals surface area contributed by atoms with Gasteiger partial charge in [0.05, 0.1) is 24.8 Å². The smallest absolute Gasteiger partial charge is 0.243 e. The molecule has 0 unspecified atom stereocenters. The molecule has 11 nitrogen and oxygen atoms in total. The van der Waals surface area contributed by atoms with E-state index in [1.54, 1.807) is 32.9 Å². The standard InChI is InChI=1S/C22H27FN6O5S/c1-7-17(33-6)19(14(4)30)29-21(18-9-8-12(2)34-18)26-27-22(29)28-35(31,32)15(5)13(3)20-24-10-16(23)11-25-20/h8-11,13,15H,7H2,1-6H3,(H,27,28)/b19-17-/t13-,15-/m0/s1. The van der Waals surface area contributed by atoms with Gasteiger partial charge in [-0.05, 0) is 26.0 Å². The van der Waals surface area contributed by atoms with E-state index >= 15 is 0 Å². The number of methoxy groups -OCH3 is 1. The number of sulfonamides is 1. The minimum Gasteiger partial charge on any atom is -0.499 e. The molecule has 0 bridgehead atoms. The molecule has 3 heterocycles. The number of furan rings is 1. The van der Waals surface area contributed by atoms with E-state index in [0.717, 1.165) is 12.4 Å². The lowest BCUT2D eigenvalue weighted by Crippen LogP contribution is -2.32. The van der Waals surface area contributed by atoms with E-state index in [-0.39, 0.29) is 29.1 Å². The average Bonchev–Trinajstić information content (AvgIpc) is 3.42. The van der Waals surface area contributed by atoms with Crippen molar-refractivity contribution in [3.05, 3.63) is 47.7 Å². The summed E-state index contributed by atoms with van der Waals surface area (Å²) in [5.74, 6) is -0.469. The Labute approximate surface area is 202 Å². The topological polar surface area (TPSA) is 142 Å². The molecule has 35 heavy (non-hydrogen) atoms. The van der Waals surface area contributed by atoms with Crippen LogP contribution in [0.1, 0.15) is 51.6 Å². The molecule has 0 radical (unpaired) electrons. The van der Waals surface area contributed by atoms with Gasteiger partial charge in [-0.1, -0.05) is 13.8 Å². The Morgan fingerprint density at radius 2 is 1.89 bits per heavy atom.